The molecule has 0 unspecified atom stereocenters. The molecule has 0 spiro atoms. The lowest BCUT2D eigenvalue weighted by Gasteiger charge is -2.31. The Labute approximate surface area is 142 Å². The van der Waals surface area contributed by atoms with Crippen molar-refractivity contribution in [3.8, 4) is 0 Å². The van der Waals surface area contributed by atoms with Crippen molar-refractivity contribution in [3.63, 3.8) is 0 Å². The van der Waals surface area contributed by atoms with Gasteiger partial charge in [0.2, 0.25) is 0 Å². The quantitative estimate of drug-likeness (QED) is 0.826. The first kappa shape index (κ1) is 17.9. The number of carbonyl (C=O) groups is 2. The predicted molar refractivity (Wildman–Crippen MR) is 93.2 cm³/mol. The fourth-order valence-corrected chi connectivity index (χ4v) is 3.36. The summed E-state index contributed by atoms with van der Waals surface area (Å²) in [6.45, 7) is 9.28. The lowest BCUT2D eigenvalue weighted by molar-refractivity contribution is -0.140. The van der Waals surface area contributed by atoms with E-state index in [1.54, 1.807) is 11.3 Å². The van der Waals surface area contributed by atoms with Crippen LogP contribution in [0.2, 0.25) is 0 Å². The van der Waals surface area contributed by atoms with E-state index in [1.165, 1.54) is 5.56 Å². The van der Waals surface area contributed by atoms with Crippen molar-refractivity contribution < 1.29 is 9.59 Å². The molecule has 2 rings (SSSR count). The van der Waals surface area contributed by atoms with E-state index in [1.807, 2.05) is 20.8 Å². The minimum atomic E-state index is -0.549. The van der Waals surface area contributed by atoms with Crippen molar-refractivity contribution in [2.45, 2.75) is 45.7 Å². The lowest BCUT2D eigenvalue weighted by atomic mass is 9.96. The van der Waals surface area contributed by atoms with Crippen molar-refractivity contribution in [2.75, 3.05) is 19.6 Å². The number of piperidine rings is 1. The number of amides is 2. The van der Waals surface area contributed by atoms with Crippen LogP contribution in [-0.4, -0.2) is 41.9 Å². The van der Waals surface area contributed by atoms with Gasteiger partial charge in [-0.3, -0.25) is 14.5 Å². The van der Waals surface area contributed by atoms with Crippen molar-refractivity contribution in [2.24, 2.45) is 5.92 Å². The van der Waals surface area contributed by atoms with Crippen LogP contribution in [0.1, 0.15) is 39.2 Å². The first-order valence-electron chi connectivity index (χ1n) is 8.17. The summed E-state index contributed by atoms with van der Waals surface area (Å²) in [6, 6.07) is 2.17. The van der Waals surface area contributed by atoms with E-state index in [9.17, 15) is 9.59 Å². The van der Waals surface area contributed by atoms with E-state index in [0.29, 0.717) is 12.5 Å². The van der Waals surface area contributed by atoms with Gasteiger partial charge in [0.1, 0.15) is 0 Å². The fourth-order valence-electron chi connectivity index (χ4n) is 2.70. The second kappa shape index (κ2) is 7.93. The highest BCUT2D eigenvalue weighted by Gasteiger charge is 2.23. The highest BCUT2D eigenvalue weighted by molar-refractivity contribution is 7.07. The minimum absolute atomic E-state index is 0.387. The molecule has 1 aliphatic heterocycles. The molecule has 23 heavy (non-hydrogen) atoms. The van der Waals surface area contributed by atoms with Gasteiger partial charge in [-0.1, -0.05) is 0 Å². The number of hydrogen-bond donors (Lipinski definition) is 2. The maximum Gasteiger partial charge on any atom is 0.309 e. The topological polar surface area (TPSA) is 61.4 Å². The number of hydrogen-bond acceptors (Lipinski definition) is 4. The van der Waals surface area contributed by atoms with Gasteiger partial charge in [-0.2, -0.15) is 11.3 Å². The molecule has 2 heterocycles. The summed E-state index contributed by atoms with van der Waals surface area (Å²) < 4.78 is 0. The van der Waals surface area contributed by atoms with Gasteiger partial charge in [0.05, 0.1) is 0 Å². The van der Waals surface area contributed by atoms with E-state index in [2.05, 4.69) is 32.4 Å². The van der Waals surface area contributed by atoms with Crippen LogP contribution in [0.4, 0.5) is 0 Å². The van der Waals surface area contributed by atoms with Gasteiger partial charge in [0, 0.05) is 18.6 Å². The van der Waals surface area contributed by atoms with Gasteiger partial charge >= 0.3 is 11.8 Å². The largest absolute Gasteiger partial charge is 0.348 e. The Morgan fingerprint density at radius 1 is 1.26 bits per heavy atom. The number of thiophene rings is 1. The van der Waals surface area contributed by atoms with Crippen LogP contribution in [0.25, 0.3) is 0 Å². The second-order valence-corrected chi connectivity index (χ2v) is 8.05. The SMILES string of the molecule is CC(C)(C)NC(=O)C(=O)NCC1CCN(Cc2ccsc2)CC1. The lowest BCUT2D eigenvalue weighted by Crippen LogP contribution is -2.49. The van der Waals surface area contributed by atoms with Crippen LogP contribution < -0.4 is 10.6 Å². The number of nitrogens with one attached hydrogen (secondary N) is 2. The van der Waals surface area contributed by atoms with Crippen molar-refractivity contribution in [3.05, 3.63) is 22.4 Å². The molecular formula is C17H27N3O2S. The third-order valence-corrected chi connectivity index (χ3v) is 4.67. The second-order valence-electron chi connectivity index (χ2n) is 7.27. The Morgan fingerprint density at radius 2 is 1.96 bits per heavy atom. The van der Waals surface area contributed by atoms with Gasteiger partial charge in [-0.05, 0) is 75.0 Å². The summed E-state index contributed by atoms with van der Waals surface area (Å²) in [5, 5.41) is 9.75. The number of rotatable bonds is 4. The molecule has 0 saturated carbocycles. The first-order chi connectivity index (χ1) is 10.8. The average Bonchev–Trinajstić information content (AvgIpc) is 2.97. The third kappa shape index (κ3) is 6.31. The highest BCUT2D eigenvalue weighted by Crippen LogP contribution is 2.19. The summed E-state index contributed by atoms with van der Waals surface area (Å²) in [5.74, 6) is -0.617. The summed E-state index contributed by atoms with van der Waals surface area (Å²) in [6.07, 6.45) is 2.12. The van der Waals surface area contributed by atoms with Gasteiger partial charge in [0.25, 0.3) is 0 Å². The Morgan fingerprint density at radius 3 is 2.52 bits per heavy atom. The van der Waals surface area contributed by atoms with Crippen LogP contribution in [0.15, 0.2) is 16.8 Å². The Balaban J connectivity index is 1.66. The Bertz CT molecular complexity index is 514. The molecule has 6 heteroatoms. The van der Waals surface area contributed by atoms with E-state index >= 15 is 0 Å². The van der Waals surface area contributed by atoms with E-state index < -0.39 is 11.8 Å². The van der Waals surface area contributed by atoms with Crippen LogP contribution in [0.3, 0.4) is 0 Å². The van der Waals surface area contributed by atoms with Gasteiger partial charge in [0.15, 0.2) is 0 Å². The number of carbonyl (C=O) groups excluding carboxylic acids is 2. The van der Waals surface area contributed by atoms with E-state index in [-0.39, 0.29) is 5.54 Å². The monoisotopic (exact) mass is 337 g/mol. The van der Waals surface area contributed by atoms with Gasteiger partial charge in [-0.25, -0.2) is 0 Å². The molecule has 5 nitrogen and oxygen atoms in total. The molecule has 0 radical (unpaired) electrons. The maximum atomic E-state index is 11.8. The highest BCUT2D eigenvalue weighted by atomic mass is 32.1. The molecule has 128 valence electrons. The first-order valence-corrected chi connectivity index (χ1v) is 9.11. The zero-order valence-electron chi connectivity index (χ0n) is 14.2. The summed E-state index contributed by atoms with van der Waals surface area (Å²) in [4.78, 5) is 26.0. The molecule has 1 saturated heterocycles. The predicted octanol–water partition coefficient (Wildman–Crippen LogP) is 1.99. The molecule has 1 aromatic rings. The smallest absolute Gasteiger partial charge is 0.309 e. The number of nitrogens with zero attached hydrogens (tertiary/aromatic N) is 1. The van der Waals surface area contributed by atoms with Crippen molar-refractivity contribution in [1.29, 1.82) is 0 Å². The van der Waals surface area contributed by atoms with Gasteiger partial charge < -0.3 is 10.6 Å². The molecule has 1 fully saturated rings. The van der Waals surface area contributed by atoms with Crippen molar-refractivity contribution >= 4 is 23.2 Å². The Kier molecular flexibility index (Phi) is 6.18. The zero-order chi connectivity index (χ0) is 16.9. The summed E-state index contributed by atoms with van der Waals surface area (Å²) in [5.41, 5.74) is 0.988. The summed E-state index contributed by atoms with van der Waals surface area (Å²) in [7, 11) is 0. The molecule has 1 aromatic heterocycles. The standard InChI is InChI=1S/C17H27N3O2S/c1-17(2,3)19-16(22)15(21)18-10-13-4-7-20(8-5-13)11-14-6-9-23-12-14/h6,9,12-13H,4-5,7-8,10-11H2,1-3H3,(H,18,21)(H,19,22). The molecule has 0 aliphatic carbocycles. The molecule has 2 N–H and O–H groups in total. The van der Waals surface area contributed by atoms with Crippen molar-refractivity contribution in [1.82, 2.24) is 15.5 Å². The van der Waals surface area contributed by atoms with E-state index in [4.69, 9.17) is 0 Å². The van der Waals surface area contributed by atoms with E-state index in [0.717, 1.165) is 32.5 Å². The average molecular weight is 337 g/mol. The zero-order valence-corrected chi connectivity index (χ0v) is 15.0. The van der Waals surface area contributed by atoms with Crippen LogP contribution >= 0.6 is 11.3 Å². The minimum Gasteiger partial charge on any atom is -0.348 e. The molecule has 1 aliphatic rings. The third-order valence-electron chi connectivity index (χ3n) is 3.94. The molecule has 2 amide bonds. The number of likely N-dealkylation sites (tertiary alicyclic amines) is 1. The van der Waals surface area contributed by atoms with Crippen LogP contribution in [0.5, 0.6) is 0 Å². The fraction of sp³-hybridized carbons (Fsp3) is 0.647. The van der Waals surface area contributed by atoms with Gasteiger partial charge in [-0.15, -0.1) is 0 Å². The molecule has 0 atom stereocenters. The molecular weight excluding hydrogens is 310 g/mol. The normalized spacial score (nSPS) is 17.0. The van der Waals surface area contributed by atoms with Crippen LogP contribution in [-0.2, 0) is 16.1 Å². The molecule has 0 aromatic carbocycles. The van der Waals surface area contributed by atoms with Crippen LogP contribution in [0, 0.1) is 5.92 Å². The maximum absolute atomic E-state index is 11.8. The molecule has 0 bridgehead atoms. The Hall–Kier alpha value is -1.40. The summed E-state index contributed by atoms with van der Waals surface area (Å²) >= 11 is 1.73.